The van der Waals surface area contributed by atoms with Crippen LogP contribution in [-0.2, 0) is 29.2 Å². The molecule has 0 saturated carbocycles. The van der Waals surface area contributed by atoms with Gasteiger partial charge in [0.05, 0.1) is 12.0 Å². The molecule has 3 aromatic heterocycles. The van der Waals surface area contributed by atoms with Gasteiger partial charge in [0.2, 0.25) is 0 Å². The van der Waals surface area contributed by atoms with Gasteiger partial charge in [-0.05, 0) is 47.7 Å². The summed E-state index contributed by atoms with van der Waals surface area (Å²) in [7, 11) is 1.45. The van der Waals surface area contributed by atoms with Gasteiger partial charge in [0.1, 0.15) is 17.4 Å². The summed E-state index contributed by atoms with van der Waals surface area (Å²) in [5.74, 6) is 0. The number of fused-ring (bicyclic) bond motifs is 1. The van der Waals surface area contributed by atoms with E-state index < -0.39 is 29.2 Å². The predicted octanol–water partition coefficient (Wildman–Crippen LogP) is 3.29. The number of ether oxygens (including phenoxy) is 2. The second-order valence-corrected chi connectivity index (χ2v) is 9.27. The largest absolute Gasteiger partial charge is 0.433 e. The van der Waals surface area contributed by atoms with Gasteiger partial charge in [-0.2, -0.15) is 13.2 Å². The molecule has 0 aromatic carbocycles. The lowest BCUT2D eigenvalue weighted by Crippen LogP contribution is -2.40. The number of halogens is 4. The Labute approximate surface area is 211 Å². The molecule has 36 heavy (non-hydrogen) atoms. The quantitative estimate of drug-likeness (QED) is 0.433. The SMILES string of the molecule is Cn1c(=O)n(CCCOC2CCCCO2)c(=O)c2c(C(O)c3ccc(C(F)(F)F)nc3)c(Br)cnc21. The van der Waals surface area contributed by atoms with Crippen LogP contribution in [0.5, 0.6) is 0 Å². The van der Waals surface area contributed by atoms with Crippen molar-refractivity contribution in [3.63, 3.8) is 0 Å². The summed E-state index contributed by atoms with van der Waals surface area (Å²) in [4.78, 5) is 33.9. The molecule has 13 heteroatoms. The zero-order valence-electron chi connectivity index (χ0n) is 19.3. The second kappa shape index (κ2) is 10.8. The van der Waals surface area contributed by atoms with Crippen molar-refractivity contribution in [3.05, 3.63) is 66.7 Å². The molecule has 194 valence electrons. The van der Waals surface area contributed by atoms with E-state index in [1.165, 1.54) is 17.8 Å². The molecule has 3 aromatic rings. The molecule has 0 amide bonds. The molecular weight excluding hydrogens is 549 g/mol. The first-order valence-corrected chi connectivity index (χ1v) is 12.1. The molecule has 1 N–H and O–H groups in total. The van der Waals surface area contributed by atoms with E-state index in [0.717, 1.165) is 42.2 Å². The summed E-state index contributed by atoms with van der Waals surface area (Å²) in [6, 6.07) is 1.84. The van der Waals surface area contributed by atoms with Crippen molar-refractivity contribution in [2.45, 2.75) is 50.8 Å². The zero-order chi connectivity index (χ0) is 26.0. The van der Waals surface area contributed by atoms with E-state index in [9.17, 15) is 27.9 Å². The maximum Gasteiger partial charge on any atom is 0.433 e. The minimum Gasteiger partial charge on any atom is -0.384 e. The molecule has 0 spiro atoms. The molecule has 4 rings (SSSR count). The Kier molecular flexibility index (Phi) is 7.93. The normalized spacial score (nSPS) is 17.4. The third kappa shape index (κ3) is 5.38. The van der Waals surface area contributed by atoms with E-state index in [1.54, 1.807) is 0 Å². The summed E-state index contributed by atoms with van der Waals surface area (Å²) >= 11 is 3.28. The van der Waals surface area contributed by atoms with E-state index in [4.69, 9.17) is 9.47 Å². The summed E-state index contributed by atoms with van der Waals surface area (Å²) < 4.78 is 52.4. The van der Waals surface area contributed by atoms with Crippen LogP contribution in [0.15, 0.2) is 38.6 Å². The van der Waals surface area contributed by atoms with Crippen LogP contribution in [0.4, 0.5) is 13.2 Å². The van der Waals surface area contributed by atoms with Crippen LogP contribution in [-0.4, -0.2) is 43.7 Å². The minimum absolute atomic E-state index is 0.0320. The summed E-state index contributed by atoms with van der Waals surface area (Å²) in [5, 5.41) is 11.0. The Bertz CT molecular complexity index is 1350. The van der Waals surface area contributed by atoms with Gasteiger partial charge >= 0.3 is 11.9 Å². The number of pyridine rings is 2. The molecule has 9 nitrogen and oxygen atoms in total. The first-order chi connectivity index (χ1) is 17.1. The van der Waals surface area contributed by atoms with Crippen molar-refractivity contribution >= 4 is 27.0 Å². The number of nitrogens with zero attached hydrogens (tertiary/aromatic N) is 4. The Morgan fingerprint density at radius 3 is 2.67 bits per heavy atom. The number of aliphatic hydroxyl groups is 1. The first kappa shape index (κ1) is 26.5. The van der Waals surface area contributed by atoms with Crippen LogP contribution < -0.4 is 11.2 Å². The summed E-state index contributed by atoms with van der Waals surface area (Å²) in [5.41, 5.74) is -2.23. The number of rotatable bonds is 7. The van der Waals surface area contributed by atoms with Gasteiger partial charge in [0.15, 0.2) is 6.29 Å². The molecule has 2 atom stereocenters. The molecule has 1 aliphatic heterocycles. The lowest BCUT2D eigenvalue weighted by atomic mass is 10.0. The Balaban J connectivity index is 1.68. The Hall–Kier alpha value is -2.61. The lowest BCUT2D eigenvalue weighted by Gasteiger charge is -2.22. The van der Waals surface area contributed by atoms with E-state index in [2.05, 4.69) is 25.9 Å². The van der Waals surface area contributed by atoms with Crippen molar-refractivity contribution in [2.75, 3.05) is 13.2 Å². The van der Waals surface area contributed by atoms with Crippen molar-refractivity contribution in [1.29, 1.82) is 0 Å². The molecule has 4 heterocycles. The summed E-state index contributed by atoms with van der Waals surface area (Å²) in [6.45, 7) is 0.969. The van der Waals surface area contributed by atoms with E-state index >= 15 is 0 Å². The second-order valence-electron chi connectivity index (χ2n) is 8.41. The van der Waals surface area contributed by atoms with Crippen LogP contribution in [0.25, 0.3) is 11.0 Å². The maximum absolute atomic E-state index is 13.4. The van der Waals surface area contributed by atoms with Crippen LogP contribution >= 0.6 is 15.9 Å². The average Bonchev–Trinajstić information content (AvgIpc) is 2.86. The standard InChI is InChI=1S/C23H24BrF3N4O5/c1-30-20-18(21(33)31(22(30)34)8-4-10-36-16-5-2-3-9-35-16)17(14(24)12-29-20)19(32)13-6-7-15(28-11-13)23(25,26)27/h6-7,11-12,16,19,32H,2-5,8-10H2,1H3. The van der Waals surface area contributed by atoms with Crippen LogP contribution in [0.2, 0.25) is 0 Å². The Morgan fingerprint density at radius 2 is 2.03 bits per heavy atom. The molecule has 0 radical (unpaired) electrons. The summed E-state index contributed by atoms with van der Waals surface area (Å²) in [6.07, 6.45) is -1.07. The van der Waals surface area contributed by atoms with Gasteiger partial charge in [0, 0.05) is 48.2 Å². The van der Waals surface area contributed by atoms with Crippen molar-refractivity contribution in [1.82, 2.24) is 19.1 Å². The van der Waals surface area contributed by atoms with Gasteiger partial charge in [-0.3, -0.25) is 18.9 Å². The number of aliphatic hydroxyl groups excluding tert-OH is 1. The number of aryl methyl sites for hydroxylation is 1. The maximum atomic E-state index is 13.4. The number of hydrogen-bond donors (Lipinski definition) is 1. The topological polar surface area (TPSA) is 108 Å². The number of hydrogen-bond acceptors (Lipinski definition) is 7. The third-order valence-electron chi connectivity index (χ3n) is 5.98. The van der Waals surface area contributed by atoms with Gasteiger partial charge in [-0.25, -0.2) is 9.78 Å². The van der Waals surface area contributed by atoms with E-state index in [0.29, 0.717) is 13.0 Å². The van der Waals surface area contributed by atoms with Gasteiger partial charge < -0.3 is 14.6 Å². The smallest absolute Gasteiger partial charge is 0.384 e. The minimum atomic E-state index is -4.63. The fraction of sp³-hybridized carbons (Fsp3) is 0.478. The molecule has 0 aliphatic carbocycles. The van der Waals surface area contributed by atoms with Crippen molar-refractivity contribution in [2.24, 2.45) is 7.05 Å². The lowest BCUT2D eigenvalue weighted by molar-refractivity contribution is -0.163. The van der Waals surface area contributed by atoms with Gasteiger partial charge in [0.25, 0.3) is 5.56 Å². The van der Waals surface area contributed by atoms with Gasteiger partial charge in [-0.1, -0.05) is 6.07 Å². The highest BCUT2D eigenvalue weighted by atomic mass is 79.9. The zero-order valence-corrected chi connectivity index (χ0v) is 20.9. The average molecular weight is 573 g/mol. The number of aromatic nitrogens is 4. The fourth-order valence-corrected chi connectivity index (χ4v) is 4.61. The monoisotopic (exact) mass is 572 g/mol. The van der Waals surface area contributed by atoms with Crippen LogP contribution in [0.1, 0.15) is 48.6 Å². The molecule has 1 aliphatic rings. The molecule has 0 bridgehead atoms. The van der Waals surface area contributed by atoms with Crippen LogP contribution in [0, 0.1) is 0 Å². The highest BCUT2D eigenvalue weighted by molar-refractivity contribution is 9.10. The molecule has 2 unspecified atom stereocenters. The van der Waals surface area contributed by atoms with Crippen molar-refractivity contribution in [3.8, 4) is 0 Å². The molecular formula is C23H24BrF3N4O5. The van der Waals surface area contributed by atoms with E-state index in [-0.39, 0.29) is 46.1 Å². The highest BCUT2D eigenvalue weighted by Gasteiger charge is 2.32. The highest BCUT2D eigenvalue weighted by Crippen LogP contribution is 2.33. The molecule has 1 fully saturated rings. The van der Waals surface area contributed by atoms with Crippen LogP contribution in [0.3, 0.4) is 0 Å². The number of alkyl halides is 3. The predicted molar refractivity (Wildman–Crippen MR) is 126 cm³/mol. The van der Waals surface area contributed by atoms with E-state index in [1.807, 2.05) is 0 Å². The first-order valence-electron chi connectivity index (χ1n) is 11.3. The van der Waals surface area contributed by atoms with Crippen molar-refractivity contribution < 1.29 is 27.8 Å². The fourth-order valence-electron chi connectivity index (χ4n) is 4.10. The van der Waals surface area contributed by atoms with Gasteiger partial charge in [-0.15, -0.1) is 0 Å². The molecule has 1 saturated heterocycles. The Morgan fingerprint density at radius 1 is 1.25 bits per heavy atom. The third-order valence-corrected chi connectivity index (χ3v) is 6.61.